The number of nitrogens with zero attached hydrogens (tertiary/aromatic N) is 3. The molecule has 1 heterocycles. The number of benzene rings is 1. The van der Waals surface area contributed by atoms with Gasteiger partial charge in [0.1, 0.15) is 11.6 Å². The Bertz CT molecular complexity index is 789. The van der Waals surface area contributed by atoms with Crippen LogP contribution in [-0.2, 0) is 15.6 Å². The van der Waals surface area contributed by atoms with Gasteiger partial charge in [0.15, 0.2) is 5.03 Å². The van der Waals surface area contributed by atoms with Crippen LogP contribution < -0.4 is 0 Å². The number of rotatable bonds is 3. The predicted molar refractivity (Wildman–Crippen MR) is 75.3 cm³/mol. The zero-order valence-electron chi connectivity index (χ0n) is 10.3. The van der Waals surface area contributed by atoms with Crippen molar-refractivity contribution in [1.82, 2.24) is 9.78 Å². The van der Waals surface area contributed by atoms with E-state index in [4.69, 9.17) is 27.5 Å². The molecule has 0 aliphatic rings. The molecule has 0 unspecified atom stereocenters. The highest BCUT2D eigenvalue weighted by molar-refractivity contribution is 8.13. The average molecular weight is 330 g/mol. The molecule has 2 rings (SSSR count). The van der Waals surface area contributed by atoms with Crippen LogP contribution in [0.3, 0.4) is 0 Å². The molecule has 8 heteroatoms. The van der Waals surface area contributed by atoms with Crippen molar-refractivity contribution >= 4 is 31.3 Å². The monoisotopic (exact) mass is 329 g/mol. The molecule has 0 spiro atoms. The van der Waals surface area contributed by atoms with Crippen LogP contribution in [-0.4, -0.2) is 18.2 Å². The van der Waals surface area contributed by atoms with Crippen LogP contribution in [0.4, 0.5) is 0 Å². The van der Waals surface area contributed by atoms with Gasteiger partial charge in [0.05, 0.1) is 12.2 Å². The predicted octanol–water partition coefficient (Wildman–Crippen LogP) is 2.69. The van der Waals surface area contributed by atoms with E-state index in [1.807, 2.05) is 6.07 Å². The summed E-state index contributed by atoms with van der Waals surface area (Å²) < 4.78 is 24.5. The van der Waals surface area contributed by atoms with Crippen LogP contribution in [0.1, 0.15) is 16.8 Å². The highest BCUT2D eigenvalue weighted by Crippen LogP contribution is 2.23. The Morgan fingerprint density at radius 1 is 1.35 bits per heavy atom. The molecular formula is C12H9Cl2N3O2S. The third-order valence-corrected chi connectivity index (χ3v) is 4.24. The number of hydrogen-bond acceptors (Lipinski definition) is 4. The Balaban J connectivity index is 2.53. The summed E-state index contributed by atoms with van der Waals surface area (Å²) in [5, 5.41) is 13.4. The van der Waals surface area contributed by atoms with Crippen molar-refractivity contribution in [3.05, 3.63) is 46.1 Å². The van der Waals surface area contributed by atoms with Gasteiger partial charge in [-0.3, -0.25) is 0 Å². The molecule has 0 aliphatic heterocycles. The van der Waals surface area contributed by atoms with Crippen LogP contribution >= 0.6 is 22.3 Å². The lowest BCUT2D eigenvalue weighted by molar-refractivity contribution is 0.572. The lowest BCUT2D eigenvalue weighted by atomic mass is 10.2. The maximum Gasteiger partial charge on any atom is 0.279 e. The van der Waals surface area contributed by atoms with Crippen LogP contribution in [0, 0.1) is 18.3 Å². The lowest BCUT2D eigenvalue weighted by Gasteiger charge is -2.05. The second-order valence-electron chi connectivity index (χ2n) is 4.10. The van der Waals surface area contributed by atoms with Crippen molar-refractivity contribution in [2.75, 3.05) is 0 Å². The Morgan fingerprint density at radius 2 is 1.95 bits per heavy atom. The van der Waals surface area contributed by atoms with Gasteiger partial charge in [-0.05, 0) is 24.6 Å². The molecule has 0 aliphatic carbocycles. The van der Waals surface area contributed by atoms with Crippen molar-refractivity contribution in [3.8, 4) is 6.07 Å². The summed E-state index contributed by atoms with van der Waals surface area (Å²) in [6.45, 7) is 1.74. The summed E-state index contributed by atoms with van der Waals surface area (Å²) in [6.07, 6.45) is 0. The minimum absolute atomic E-state index is 0.0334. The second-order valence-corrected chi connectivity index (χ2v) is 7.02. The van der Waals surface area contributed by atoms with E-state index < -0.39 is 9.05 Å². The third-order valence-electron chi connectivity index (χ3n) is 2.67. The van der Waals surface area contributed by atoms with Crippen molar-refractivity contribution in [2.24, 2.45) is 0 Å². The fourth-order valence-electron chi connectivity index (χ4n) is 1.81. The first-order chi connectivity index (χ1) is 9.32. The van der Waals surface area contributed by atoms with E-state index in [1.165, 1.54) is 4.68 Å². The molecule has 0 N–H and O–H groups in total. The molecule has 0 radical (unpaired) electrons. The SMILES string of the molecule is Cc1nn(Cc2ccc(Cl)cc2)c(S(=O)(=O)Cl)c1C#N. The Kier molecular flexibility index (Phi) is 4.04. The van der Waals surface area contributed by atoms with Gasteiger partial charge in [0.2, 0.25) is 0 Å². The van der Waals surface area contributed by atoms with Gasteiger partial charge in [-0.25, -0.2) is 13.1 Å². The van der Waals surface area contributed by atoms with Crippen molar-refractivity contribution < 1.29 is 8.42 Å². The van der Waals surface area contributed by atoms with Gasteiger partial charge in [-0.2, -0.15) is 10.4 Å². The molecule has 0 amide bonds. The van der Waals surface area contributed by atoms with Gasteiger partial charge in [0, 0.05) is 15.7 Å². The van der Waals surface area contributed by atoms with Crippen LogP contribution in [0.5, 0.6) is 0 Å². The molecule has 104 valence electrons. The molecule has 5 nitrogen and oxygen atoms in total. The molecule has 2 aromatic rings. The molecule has 0 fully saturated rings. The zero-order valence-corrected chi connectivity index (χ0v) is 12.7. The first-order valence-electron chi connectivity index (χ1n) is 5.49. The summed E-state index contributed by atoms with van der Waals surface area (Å²) in [4.78, 5) is 0. The lowest BCUT2D eigenvalue weighted by Crippen LogP contribution is -2.09. The summed E-state index contributed by atoms with van der Waals surface area (Å²) in [5.41, 5.74) is 1.08. The second kappa shape index (κ2) is 5.44. The van der Waals surface area contributed by atoms with Crippen LogP contribution in [0.2, 0.25) is 5.02 Å². The van der Waals surface area contributed by atoms with Crippen LogP contribution in [0.15, 0.2) is 29.3 Å². The average Bonchev–Trinajstić information content (AvgIpc) is 2.67. The molecular weight excluding hydrogens is 321 g/mol. The van der Waals surface area contributed by atoms with Gasteiger partial charge in [0.25, 0.3) is 9.05 Å². The van der Waals surface area contributed by atoms with E-state index in [2.05, 4.69) is 5.10 Å². The first-order valence-corrected chi connectivity index (χ1v) is 8.18. The maximum absolute atomic E-state index is 11.6. The number of hydrogen-bond donors (Lipinski definition) is 0. The highest BCUT2D eigenvalue weighted by atomic mass is 35.7. The number of aromatic nitrogens is 2. The summed E-state index contributed by atoms with van der Waals surface area (Å²) in [7, 11) is 1.33. The van der Waals surface area contributed by atoms with E-state index in [9.17, 15) is 8.42 Å². The largest absolute Gasteiger partial charge is 0.279 e. The minimum atomic E-state index is -4.06. The number of halogens is 2. The Hall–Kier alpha value is -1.55. The van der Waals surface area contributed by atoms with E-state index in [0.29, 0.717) is 10.7 Å². The molecule has 1 aromatic heterocycles. The first kappa shape index (κ1) is 14.9. The molecule has 20 heavy (non-hydrogen) atoms. The smallest absolute Gasteiger partial charge is 0.247 e. The molecule has 0 bridgehead atoms. The maximum atomic E-state index is 11.6. The van der Waals surface area contributed by atoms with E-state index in [-0.39, 0.29) is 17.1 Å². The van der Waals surface area contributed by atoms with Crippen LogP contribution in [0.25, 0.3) is 0 Å². The van der Waals surface area contributed by atoms with Gasteiger partial charge in [-0.15, -0.1) is 0 Å². The van der Waals surface area contributed by atoms with Gasteiger partial charge >= 0.3 is 0 Å². The van der Waals surface area contributed by atoms with E-state index in [1.54, 1.807) is 31.2 Å². The summed E-state index contributed by atoms with van der Waals surface area (Å²) in [6, 6.07) is 8.69. The van der Waals surface area contributed by atoms with Gasteiger partial charge in [-0.1, -0.05) is 23.7 Å². The normalized spacial score (nSPS) is 11.3. The van der Waals surface area contributed by atoms with Crippen molar-refractivity contribution in [3.63, 3.8) is 0 Å². The zero-order chi connectivity index (χ0) is 14.9. The Labute approximate surface area is 125 Å². The molecule has 0 atom stereocenters. The van der Waals surface area contributed by atoms with E-state index in [0.717, 1.165) is 5.56 Å². The number of nitriles is 1. The molecule has 0 saturated heterocycles. The summed E-state index contributed by atoms with van der Waals surface area (Å²) >= 11 is 5.79. The quantitative estimate of drug-likeness (QED) is 0.811. The fourth-order valence-corrected chi connectivity index (χ4v) is 3.20. The molecule has 0 saturated carbocycles. The van der Waals surface area contributed by atoms with Crippen molar-refractivity contribution in [2.45, 2.75) is 18.5 Å². The summed E-state index contributed by atoms with van der Waals surface area (Å²) in [5.74, 6) is 0. The standard InChI is InChI=1S/C12H9Cl2N3O2S/c1-8-11(6-15)12(20(14,18)19)17(16-8)7-9-2-4-10(13)5-3-9/h2-5H,7H2,1H3. The minimum Gasteiger partial charge on any atom is -0.247 e. The molecule has 1 aromatic carbocycles. The van der Waals surface area contributed by atoms with Crippen molar-refractivity contribution in [1.29, 1.82) is 5.26 Å². The highest BCUT2D eigenvalue weighted by Gasteiger charge is 2.25. The number of aryl methyl sites for hydroxylation is 1. The fraction of sp³-hybridized carbons (Fsp3) is 0.167. The van der Waals surface area contributed by atoms with E-state index >= 15 is 0 Å². The van der Waals surface area contributed by atoms with Gasteiger partial charge < -0.3 is 0 Å². The Morgan fingerprint density at radius 3 is 2.45 bits per heavy atom. The third kappa shape index (κ3) is 2.96. The topological polar surface area (TPSA) is 75.8 Å².